The van der Waals surface area contributed by atoms with Crippen molar-refractivity contribution in [2.75, 3.05) is 19.7 Å². The SMILES string of the molecule is CCNCC(OCC(F)F)c1ccccc1Cl. The van der Waals surface area contributed by atoms with Gasteiger partial charge in [-0.2, -0.15) is 0 Å². The molecule has 0 aromatic heterocycles. The molecule has 0 amide bonds. The number of alkyl halides is 2. The molecule has 96 valence electrons. The first kappa shape index (κ1) is 14.4. The molecule has 1 aromatic carbocycles. The minimum atomic E-state index is -2.47. The van der Waals surface area contributed by atoms with Crippen LogP contribution < -0.4 is 5.32 Å². The van der Waals surface area contributed by atoms with Crippen LogP contribution in [0.2, 0.25) is 5.02 Å². The topological polar surface area (TPSA) is 21.3 Å². The third kappa shape index (κ3) is 4.98. The first-order valence-electron chi connectivity index (χ1n) is 5.50. The molecule has 0 aliphatic rings. The van der Waals surface area contributed by atoms with E-state index in [2.05, 4.69) is 5.32 Å². The molecule has 0 aliphatic carbocycles. The average Bonchev–Trinajstić information content (AvgIpc) is 2.30. The summed E-state index contributed by atoms with van der Waals surface area (Å²) in [6, 6.07) is 7.12. The fraction of sp³-hybridized carbons (Fsp3) is 0.500. The first-order chi connectivity index (χ1) is 8.15. The van der Waals surface area contributed by atoms with Crippen molar-refractivity contribution in [3.8, 4) is 0 Å². The minimum Gasteiger partial charge on any atom is -0.366 e. The molecule has 1 rings (SSSR count). The molecule has 0 aliphatic heterocycles. The lowest BCUT2D eigenvalue weighted by molar-refractivity contribution is -0.0244. The molecule has 0 radical (unpaired) electrons. The summed E-state index contributed by atoms with van der Waals surface area (Å²) in [6.07, 6.45) is -2.92. The van der Waals surface area contributed by atoms with Crippen LogP contribution in [-0.4, -0.2) is 26.1 Å². The number of hydrogen-bond donors (Lipinski definition) is 1. The zero-order valence-corrected chi connectivity index (χ0v) is 10.4. The molecule has 17 heavy (non-hydrogen) atoms. The second-order valence-electron chi connectivity index (χ2n) is 3.54. The Morgan fingerprint density at radius 1 is 1.35 bits per heavy atom. The summed E-state index contributed by atoms with van der Waals surface area (Å²) in [4.78, 5) is 0. The molecule has 2 nitrogen and oxygen atoms in total. The third-order valence-electron chi connectivity index (χ3n) is 2.26. The van der Waals surface area contributed by atoms with Gasteiger partial charge in [0.1, 0.15) is 6.61 Å². The zero-order valence-electron chi connectivity index (χ0n) is 9.63. The molecule has 1 N–H and O–H groups in total. The van der Waals surface area contributed by atoms with Gasteiger partial charge in [-0.3, -0.25) is 0 Å². The third-order valence-corrected chi connectivity index (χ3v) is 2.60. The maximum Gasteiger partial charge on any atom is 0.261 e. The van der Waals surface area contributed by atoms with E-state index in [1.54, 1.807) is 18.2 Å². The number of nitrogens with one attached hydrogen (secondary N) is 1. The highest BCUT2D eigenvalue weighted by Gasteiger charge is 2.16. The normalized spacial score (nSPS) is 13.0. The Bertz CT molecular complexity index is 336. The number of ether oxygens (including phenoxy) is 1. The van der Waals surface area contributed by atoms with E-state index in [4.69, 9.17) is 16.3 Å². The highest BCUT2D eigenvalue weighted by molar-refractivity contribution is 6.31. The van der Waals surface area contributed by atoms with E-state index in [0.717, 1.165) is 12.1 Å². The van der Waals surface area contributed by atoms with E-state index in [-0.39, 0.29) is 0 Å². The molecule has 0 fully saturated rings. The Hall–Kier alpha value is -0.710. The molecule has 0 saturated carbocycles. The van der Waals surface area contributed by atoms with E-state index in [9.17, 15) is 8.78 Å². The van der Waals surface area contributed by atoms with Crippen molar-refractivity contribution < 1.29 is 13.5 Å². The quantitative estimate of drug-likeness (QED) is 0.815. The summed E-state index contributed by atoms with van der Waals surface area (Å²) in [5.41, 5.74) is 0.732. The van der Waals surface area contributed by atoms with Gasteiger partial charge in [-0.1, -0.05) is 36.7 Å². The highest BCUT2D eigenvalue weighted by Crippen LogP contribution is 2.25. The van der Waals surface area contributed by atoms with Crippen LogP contribution in [0.3, 0.4) is 0 Å². The predicted molar refractivity (Wildman–Crippen MR) is 64.7 cm³/mol. The van der Waals surface area contributed by atoms with Crippen LogP contribution in [0.5, 0.6) is 0 Å². The van der Waals surface area contributed by atoms with Gasteiger partial charge in [0, 0.05) is 17.1 Å². The predicted octanol–water partition coefficient (Wildman–Crippen LogP) is 3.27. The molecule has 5 heteroatoms. The van der Waals surface area contributed by atoms with E-state index in [0.29, 0.717) is 11.6 Å². The second kappa shape index (κ2) is 7.58. The lowest BCUT2D eigenvalue weighted by Crippen LogP contribution is -2.24. The van der Waals surface area contributed by atoms with Crippen molar-refractivity contribution in [2.45, 2.75) is 19.5 Å². The van der Waals surface area contributed by atoms with Crippen LogP contribution in [0.4, 0.5) is 8.78 Å². The fourth-order valence-corrected chi connectivity index (χ4v) is 1.72. The maximum absolute atomic E-state index is 12.2. The van der Waals surface area contributed by atoms with E-state index in [1.165, 1.54) is 0 Å². The van der Waals surface area contributed by atoms with Gasteiger partial charge in [0.05, 0.1) is 6.10 Å². The summed E-state index contributed by atoms with van der Waals surface area (Å²) in [5.74, 6) is 0. The van der Waals surface area contributed by atoms with Crippen LogP contribution >= 0.6 is 11.6 Å². The highest BCUT2D eigenvalue weighted by atomic mass is 35.5. The summed E-state index contributed by atoms with van der Waals surface area (Å²) < 4.78 is 29.5. The summed E-state index contributed by atoms with van der Waals surface area (Å²) >= 11 is 6.02. The number of halogens is 3. The Kier molecular flexibility index (Phi) is 6.40. The van der Waals surface area contributed by atoms with Gasteiger partial charge in [0.2, 0.25) is 0 Å². The van der Waals surface area contributed by atoms with Crippen LogP contribution in [0.25, 0.3) is 0 Å². The standard InChI is InChI=1S/C12H16ClF2NO/c1-2-16-7-11(17-8-12(14)15)9-5-3-4-6-10(9)13/h3-6,11-12,16H,2,7-8H2,1H3. The summed E-state index contributed by atoms with van der Waals surface area (Å²) in [6.45, 7) is 2.57. The molecule has 0 bridgehead atoms. The van der Waals surface area contributed by atoms with Gasteiger partial charge in [0.15, 0.2) is 0 Å². The van der Waals surface area contributed by atoms with Gasteiger partial charge in [-0.05, 0) is 12.6 Å². The number of likely N-dealkylation sites (N-methyl/N-ethyl adjacent to an activating group) is 1. The van der Waals surface area contributed by atoms with Crippen LogP contribution in [0, 0.1) is 0 Å². The maximum atomic E-state index is 12.2. The second-order valence-corrected chi connectivity index (χ2v) is 3.95. The lowest BCUT2D eigenvalue weighted by Gasteiger charge is -2.19. The van der Waals surface area contributed by atoms with Crippen molar-refractivity contribution >= 4 is 11.6 Å². The van der Waals surface area contributed by atoms with Crippen LogP contribution in [0.1, 0.15) is 18.6 Å². The summed E-state index contributed by atoms with van der Waals surface area (Å²) in [7, 11) is 0. The van der Waals surface area contributed by atoms with Crippen molar-refractivity contribution in [3.63, 3.8) is 0 Å². The van der Waals surface area contributed by atoms with Crippen LogP contribution in [0.15, 0.2) is 24.3 Å². The van der Waals surface area contributed by atoms with Gasteiger partial charge in [-0.25, -0.2) is 8.78 Å². The van der Waals surface area contributed by atoms with Crippen molar-refractivity contribution in [2.24, 2.45) is 0 Å². The number of rotatable bonds is 7. The minimum absolute atomic E-state index is 0.447. The first-order valence-corrected chi connectivity index (χ1v) is 5.87. The van der Waals surface area contributed by atoms with Crippen LogP contribution in [-0.2, 0) is 4.74 Å². The molecule has 0 heterocycles. The number of hydrogen-bond acceptors (Lipinski definition) is 2. The molecular weight excluding hydrogens is 248 g/mol. The Morgan fingerprint density at radius 3 is 2.65 bits per heavy atom. The van der Waals surface area contributed by atoms with E-state index >= 15 is 0 Å². The van der Waals surface area contributed by atoms with Gasteiger partial charge in [-0.15, -0.1) is 0 Å². The molecule has 1 unspecified atom stereocenters. The lowest BCUT2D eigenvalue weighted by atomic mass is 10.1. The monoisotopic (exact) mass is 263 g/mol. The summed E-state index contributed by atoms with van der Waals surface area (Å²) in [5, 5.41) is 3.60. The van der Waals surface area contributed by atoms with Gasteiger partial charge in [0.25, 0.3) is 6.43 Å². The van der Waals surface area contributed by atoms with Crippen molar-refractivity contribution in [1.82, 2.24) is 5.32 Å². The Morgan fingerprint density at radius 2 is 2.06 bits per heavy atom. The fourth-order valence-electron chi connectivity index (χ4n) is 1.46. The van der Waals surface area contributed by atoms with Crippen molar-refractivity contribution in [3.05, 3.63) is 34.9 Å². The average molecular weight is 264 g/mol. The molecule has 0 spiro atoms. The zero-order chi connectivity index (χ0) is 12.7. The molecular formula is C12H16ClF2NO. The Balaban J connectivity index is 2.71. The smallest absolute Gasteiger partial charge is 0.261 e. The van der Waals surface area contributed by atoms with Crippen molar-refractivity contribution in [1.29, 1.82) is 0 Å². The molecule has 1 atom stereocenters. The number of benzene rings is 1. The van der Waals surface area contributed by atoms with E-state index < -0.39 is 19.1 Å². The molecule has 0 saturated heterocycles. The van der Waals surface area contributed by atoms with Gasteiger partial charge < -0.3 is 10.1 Å². The van der Waals surface area contributed by atoms with Gasteiger partial charge >= 0.3 is 0 Å². The Labute approximate surface area is 105 Å². The van der Waals surface area contributed by atoms with E-state index in [1.807, 2.05) is 13.0 Å². The molecule has 1 aromatic rings. The largest absolute Gasteiger partial charge is 0.366 e.